The molecule has 0 fully saturated rings. The maximum absolute atomic E-state index is 14.9. The van der Waals surface area contributed by atoms with Crippen molar-refractivity contribution in [1.82, 2.24) is 0 Å². The summed E-state index contributed by atoms with van der Waals surface area (Å²) in [4.78, 5) is 44.8. The lowest BCUT2D eigenvalue weighted by atomic mass is 9.73. The number of ketones is 1. The van der Waals surface area contributed by atoms with E-state index < -0.39 is 18.6 Å². The van der Waals surface area contributed by atoms with Crippen LogP contribution in [0.5, 0.6) is 0 Å². The molecule has 0 amide bonds. The summed E-state index contributed by atoms with van der Waals surface area (Å²) in [7, 11) is -3.71. The van der Waals surface area contributed by atoms with Gasteiger partial charge in [-0.1, -0.05) is 130 Å². The molecule has 0 aromatic heterocycles. The third-order valence-electron chi connectivity index (χ3n) is 9.42. The van der Waals surface area contributed by atoms with Gasteiger partial charge in [-0.25, -0.2) is 4.79 Å². The van der Waals surface area contributed by atoms with Gasteiger partial charge in [0.1, 0.15) is 5.71 Å². The number of carbonyl (C=O) groups excluding carboxylic acids is 3. The summed E-state index contributed by atoms with van der Waals surface area (Å²) in [5, 5.41) is 4.93. The highest BCUT2D eigenvalue weighted by Crippen LogP contribution is 2.54. The van der Waals surface area contributed by atoms with E-state index in [4.69, 9.17) is 4.84 Å². The fraction of sp³-hybridized carbons (Fsp3) is 0.300. The Kier molecular flexibility index (Phi) is 10.5. The topological polar surface area (TPSA) is 89.9 Å². The molecule has 0 saturated heterocycles. The number of rotatable bonds is 14. The first kappa shape index (κ1) is 33.9. The normalized spacial score (nSPS) is 13.5. The summed E-state index contributed by atoms with van der Waals surface area (Å²) in [6.45, 7) is 7.69. The molecule has 0 unspecified atom stereocenters. The van der Waals surface area contributed by atoms with E-state index in [-0.39, 0.29) is 16.9 Å². The Morgan fingerprint density at radius 2 is 1.23 bits per heavy atom. The van der Waals surface area contributed by atoms with Gasteiger partial charge in [0.2, 0.25) is 18.4 Å². The molecule has 0 heterocycles. The van der Waals surface area contributed by atoms with Gasteiger partial charge >= 0.3 is 5.97 Å². The van der Waals surface area contributed by atoms with Crippen molar-refractivity contribution in [2.75, 3.05) is 0 Å². The zero-order valence-electron chi connectivity index (χ0n) is 27.6. The molecule has 1 aliphatic rings. The molecule has 1 aliphatic carbocycles. The highest BCUT2D eigenvalue weighted by Gasteiger charge is 2.42. The number of hydrogen-bond donors (Lipinski definition) is 0. The zero-order valence-corrected chi connectivity index (χ0v) is 28.5. The molecular weight excluding hydrogens is 605 g/mol. The molecule has 0 atom stereocenters. The lowest BCUT2D eigenvalue weighted by Crippen LogP contribution is -2.24. The van der Waals surface area contributed by atoms with Crippen LogP contribution < -0.4 is 10.6 Å². The van der Waals surface area contributed by atoms with E-state index in [1.165, 1.54) is 6.92 Å². The minimum absolute atomic E-state index is 0.210. The van der Waals surface area contributed by atoms with Crippen molar-refractivity contribution in [3.63, 3.8) is 0 Å². The molecule has 0 radical (unpaired) electrons. The average Bonchev–Trinajstić information content (AvgIpc) is 3.39. The third kappa shape index (κ3) is 6.44. The first-order valence-electron chi connectivity index (χ1n) is 16.6. The molecule has 4 aromatic carbocycles. The van der Waals surface area contributed by atoms with Crippen LogP contribution in [0.3, 0.4) is 0 Å². The lowest BCUT2D eigenvalue weighted by molar-refractivity contribution is -0.140. The number of benzene rings is 4. The number of fused-ring (bicyclic) bond motifs is 3. The number of nitrogens with zero attached hydrogens (tertiary/aromatic N) is 1. The molecule has 0 N–H and O–H groups in total. The molecule has 0 spiro atoms. The Morgan fingerprint density at radius 3 is 1.74 bits per heavy atom. The Hall–Kier alpha value is -4.41. The summed E-state index contributed by atoms with van der Waals surface area (Å²) in [5.74, 6) is -0.870. The maximum atomic E-state index is 14.9. The first-order chi connectivity index (χ1) is 22.7. The summed E-state index contributed by atoms with van der Waals surface area (Å²) < 4.78 is 14.9. The van der Waals surface area contributed by atoms with Crippen molar-refractivity contribution in [1.29, 1.82) is 0 Å². The van der Waals surface area contributed by atoms with Gasteiger partial charge in [-0.05, 0) is 60.1 Å². The van der Waals surface area contributed by atoms with Gasteiger partial charge in [-0.2, -0.15) is 0 Å². The number of hydrogen-bond acceptors (Lipinski definition) is 6. The second-order valence-corrected chi connectivity index (χ2v) is 14.8. The second kappa shape index (κ2) is 14.6. The van der Waals surface area contributed by atoms with Crippen molar-refractivity contribution in [2.24, 2.45) is 5.16 Å². The lowest BCUT2D eigenvalue weighted by Gasteiger charge is -2.29. The molecule has 0 aliphatic heterocycles. The van der Waals surface area contributed by atoms with Crippen LogP contribution in [0.2, 0.25) is 0 Å². The van der Waals surface area contributed by atoms with Crippen LogP contribution >= 0.6 is 7.14 Å². The first-order valence-corrected chi connectivity index (χ1v) is 18.3. The van der Waals surface area contributed by atoms with E-state index in [2.05, 4.69) is 25.9 Å². The standard InChI is InChI=1S/C40H42NO5P/c1-5-8-9-16-21-37(41-46-28(4)42)38(43)29-22-24-35-33(26-29)34-27-30(23-25-36(34)40(35,6-2)7-3)39(44)47(45,31-17-12-10-13-18-31)32-19-14-11-15-20-32/h10-15,17-20,22-27H,5-9,16,21H2,1-4H3/b41-37+. The van der Waals surface area contributed by atoms with Gasteiger partial charge in [0.25, 0.3) is 0 Å². The highest BCUT2D eigenvalue weighted by atomic mass is 31.2. The summed E-state index contributed by atoms with van der Waals surface area (Å²) >= 11 is 0. The predicted molar refractivity (Wildman–Crippen MR) is 190 cm³/mol. The molecule has 47 heavy (non-hydrogen) atoms. The maximum Gasteiger partial charge on any atom is 0.331 e. The van der Waals surface area contributed by atoms with Gasteiger partial charge in [0, 0.05) is 34.1 Å². The van der Waals surface area contributed by atoms with Gasteiger partial charge in [0.15, 0.2) is 0 Å². The largest absolute Gasteiger partial charge is 0.331 e. The van der Waals surface area contributed by atoms with Crippen LogP contribution in [-0.2, 0) is 19.6 Å². The van der Waals surface area contributed by atoms with Crippen molar-refractivity contribution in [3.8, 4) is 11.1 Å². The summed E-state index contributed by atoms with van der Waals surface area (Å²) in [6.07, 6.45) is 5.87. The van der Waals surface area contributed by atoms with Crippen molar-refractivity contribution in [2.45, 2.75) is 78.1 Å². The van der Waals surface area contributed by atoms with Crippen molar-refractivity contribution < 1.29 is 23.8 Å². The molecule has 6 nitrogen and oxygen atoms in total. The molecule has 5 rings (SSSR count). The Morgan fingerprint density at radius 1 is 0.702 bits per heavy atom. The number of unbranched alkanes of at least 4 members (excludes halogenated alkanes) is 3. The van der Waals surface area contributed by atoms with E-state index in [9.17, 15) is 18.9 Å². The number of Topliss-reactive ketones (excluding diaryl/α,β-unsaturated/α-hetero) is 1. The average molecular weight is 648 g/mol. The highest BCUT2D eigenvalue weighted by molar-refractivity contribution is 7.93. The Labute approximate surface area is 277 Å². The smallest absolute Gasteiger partial charge is 0.318 e. The van der Waals surface area contributed by atoms with Crippen LogP contribution in [0, 0.1) is 0 Å². The molecule has 0 bridgehead atoms. The fourth-order valence-corrected chi connectivity index (χ4v) is 9.30. The molecule has 4 aromatic rings. The SMILES string of the molecule is CCCCCC/C(=N\OC(C)=O)C(=O)c1ccc2c(c1)-c1cc(C(=O)P(=O)(c3ccccc3)c3ccccc3)ccc1C2(CC)CC. The van der Waals surface area contributed by atoms with Gasteiger partial charge in [-0.3, -0.25) is 9.59 Å². The van der Waals surface area contributed by atoms with E-state index >= 15 is 0 Å². The third-order valence-corrected chi connectivity index (χ3v) is 12.3. The quantitative estimate of drug-likeness (QED) is 0.0340. The van der Waals surface area contributed by atoms with Crippen molar-refractivity contribution in [3.05, 3.63) is 119 Å². The Bertz CT molecular complexity index is 1810. The molecular formula is C40H42NO5P. The van der Waals surface area contributed by atoms with Crippen LogP contribution in [0.25, 0.3) is 11.1 Å². The van der Waals surface area contributed by atoms with E-state index in [0.717, 1.165) is 60.8 Å². The van der Waals surface area contributed by atoms with E-state index in [1.54, 1.807) is 54.6 Å². The molecule has 242 valence electrons. The second-order valence-electron chi connectivity index (χ2n) is 12.2. The van der Waals surface area contributed by atoms with E-state index in [1.807, 2.05) is 42.5 Å². The number of carbonyl (C=O) groups is 3. The fourth-order valence-electron chi connectivity index (χ4n) is 6.85. The molecule has 0 saturated carbocycles. The van der Waals surface area contributed by atoms with E-state index in [0.29, 0.717) is 28.2 Å². The van der Waals surface area contributed by atoms with Crippen molar-refractivity contribution >= 4 is 40.7 Å². The van der Waals surface area contributed by atoms with Gasteiger partial charge in [-0.15, -0.1) is 0 Å². The van der Waals surface area contributed by atoms with Crippen LogP contribution in [-0.4, -0.2) is 23.0 Å². The zero-order chi connectivity index (χ0) is 33.6. The van der Waals surface area contributed by atoms with Gasteiger partial charge < -0.3 is 9.40 Å². The van der Waals surface area contributed by atoms with Gasteiger partial charge in [0.05, 0.1) is 0 Å². The van der Waals surface area contributed by atoms with Crippen LogP contribution in [0.1, 0.15) is 104 Å². The summed E-state index contributed by atoms with van der Waals surface area (Å²) in [6, 6.07) is 29.3. The summed E-state index contributed by atoms with van der Waals surface area (Å²) in [5.41, 5.74) is 4.19. The van der Waals surface area contributed by atoms with Crippen LogP contribution in [0.15, 0.2) is 102 Å². The monoisotopic (exact) mass is 647 g/mol. The van der Waals surface area contributed by atoms with Crippen LogP contribution in [0.4, 0.5) is 0 Å². The Balaban J connectivity index is 1.61. The predicted octanol–water partition coefficient (Wildman–Crippen LogP) is 9.00. The minimum atomic E-state index is -3.71. The molecule has 7 heteroatoms. The minimum Gasteiger partial charge on any atom is -0.318 e. The number of oxime groups is 1.